The number of nitrogens with zero attached hydrogens (tertiary/aromatic N) is 4. The average Bonchev–Trinajstić information content (AvgIpc) is 3.40. The lowest BCUT2D eigenvalue weighted by molar-refractivity contribution is -0.133. The summed E-state index contributed by atoms with van der Waals surface area (Å²) in [4.78, 5) is 19.8. The second-order valence-corrected chi connectivity index (χ2v) is 8.28. The van der Waals surface area contributed by atoms with Gasteiger partial charge in [-0.05, 0) is 36.4 Å². The molecule has 2 N–H and O–H groups in total. The zero-order valence-electron chi connectivity index (χ0n) is 17.8. The third-order valence-electron chi connectivity index (χ3n) is 4.75. The van der Waals surface area contributed by atoms with Gasteiger partial charge in [-0.25, -0.2) is 9.78 Å². The van der Waals surface area contributed by atoms with Gasteiger partial charge < -0.3 is 24.1 Å². The molecule has 2 aromatic heterocycles. The molecule has 4 rings (SSSR count). The van der Waals surface area contributed by atoms with E-state index in [0.717, 1.165) is 5.52 Å². The standard InChI is InChI=1S/C22H20ClN5O4S/c1-28-18(11-32-14-9-7-13(23)8-10-14)26-27-22(28)33-12-17(29)19(21(30)31-2)20-24-15-5-3-4-6-16(15)25-20/h3-10,29H,11-12H2,1-2H3,(H,24,25). The number of hydrogen-bond donors (Lipinski definition) is 2. The molecule has 33 heavy (non-hydrogen) atoms. The number of aliphatic hydroxyl groups excluding tert-OH is 1. The zero-order chi connectivity index (χ0) is 23.4. The lowest BCUT2D eigenvalue weighted by atomic mass is 10.2. The van der Waals surface area contributed by atoms with Gasteiger partial charge in [0.05, 0.1) is 23.9 Å². The number of rotatable bonds is 8. The van der Waals surface area contributed by atoms with E-state index >= 15 is 0 Å². The first-order valence-corrected chi connectivity index (χ1v) is 11.2. The van der Waals surface area contributed by atoms with E-state index < -0.39 is 5.97 Å². The van der Waals surface area contributed by atoms with E-state index in [1.165, 1.54) is 18.9 Å². The van der Waals surface area contributed by atoms with Crippen LogP contribution in [0.1, 0.15) is 11.6 Å². The van der Waals surface area contributed by atoms with Gasteiger partial charge in [-0.3, -0.25) is 0 Å². The molecule has 0 fully saturated rings. The Bertz CT molecular complexity index is 1280. The summed E-state index contributed by atoms with van der Waals surface area (Å²) in [6.45, 7) is 0.208. The first-order chi connectivity index (χ1) is 16.0. The molecule has 4 aromatic rings. The highest BCUT2D eigenvalue weighted by Crippen LogP contribution is 2.25. The van der Waals surface area contributed by atoms with E-state index in [4.69, 9.17) is 21.1 Å². The second kappa shape index (κ2) is 9.97. The van der Waals surface area contributed by atoms with E-state index in [9.17, 15) is 9.90 Å². The van der Waals surface area contributed by atoms with Crippen molar-refractivity contribution in [2.75, 3.05) is 12.9 Å². The summed E-state index contributed by atoms with van der Waals surface area (Å²) in [6.07, 6.45) is 0. The Morgan fingerprint density at radius 3 is 2.67 bits per heavy atom. The molecule has 0 saturated heterocycles. The highest BCUT2D eigenvalue weighted by molar-refractivity contribution is 7.99. The second-order valence-electron chi connectivity index (χ2n) is 6.90. The smallest absolute Gasteiger partial charge is 0.345 e. The number of imidazole rings is 1. The Hall–Kier alpha value is -3.50. The Kier molecular flexibility index (Phi) is 6.85. The Morgan fingerprint density at radius 1 is 1.18 bits per heavy atom. The third kappa shape index (κ3) is 5.12. The number of H-pyrrole nitrogens is 1. The molecular weight excluding hydrogens is 466 g/mol. The van der Waals surface area contributed by atoms with E-state index in [2.05, 4.69) is 20.2 Å². The highest BCUT2D eigenvalue weighted by atomic mass is 35.5. The Labute approximate surface area is 198 Å². The van der Waals surface area contributed by atoms with Crippen LogP contribution in [0.5, 0.6) is 5.75 Å². The quantitative estimate of drug-likeness (QED) is 0.165. The van der Waals surface area contributed by atoms with Gasteiger partial charge in [-0.1, -0.05) is 35.5 Å². The largest absolute Gasteiger partial charge is 0.510 e. The van der Waals surface area contributed by atoms with Crippen molar-refractivity contribution in [1.29, 1.82) is 0 Å². The fourth-order valence-electron chi connectivity index (χ4n) is 3.00. The summed E-state index contributed by atoms with van der Waals surface area (Å²) in [7, 11) is 3.05. The summed E-state index contributed by atoms with van der Waals surface area (Å²) in [5.74, 6) is 0.671. The van der Waals surface area contributed by atoms with Crippen LogP contribution in [0.2, 0.25) is 5.02 Å². The predicted octanol–water partition coefficient (Wildman–Crippen LogP) is 4.16. The maximum absolute atomic E-state index is 12.4. The van der Waals surface area contributed by atoms with Gasteiger partial charge in [-0.2, -0.15) is 0 Å². The number of carbonyl (C=O) groups is 1. The minimum absolute atomic E-state index is 0.0327. The maximum atomic E-state index is 12.4. The lowest BCUT2D eigenvalue weighted by Gasteiger charge is -2.08. The molecule has 0 aliphatic carbocycles. The Balaban J connectivity index is 1.49. The molecule has 170 valence electrons. The maximum Gasteiger partial charge on any atom is 0.345 e. The van der Waals surface area contributed by atoms with Crippen LogP contribution in [0.3, 0.4) is 0 Å². The number of esters is 1. The van der Waals surface area contributed by atoms with Gasteiger partial charge in [-0.15, -0.1) is 10.2 Å². The number of benzene rings is 2. The van der Waals surface area contributed by atoms with Crippen LogP contribution in [0.15, 0.2) is 59.4 Å². The fourth-order valence-corrected chi connectivity index (χ4v) is 3.94. The molecule has 0 saturated carbocycles. The number of halogens is 1. The van der Waals surface area contributed by atoms with Crippen molar-refractivity contribution < 1.29 is 19.4 Å². The molecule has 11 heteroatoms. The summed E-state index contributed by atoms with van der Waals surface area (Å²) in [6, 6.07) is 14.3. The molecule has 0 spiro atoms. The van der Waals surface area contributed by atoms with Crippen molar-refractivity contribution in [3.63, 3.8) is 0 Å². The molecule has 2 aromatic carbocycles. The lowest BCUT2D eigenvalue weighted by Crippen LogP contribution is -2.10. The molecule has 0 radical (unpaired) electrons. The molecule has 2 heterocycles. The SMILES string of the molecule is COC(=O)C(=C(O)CSc1nnc(COc2ccc(Cl)cc2)n1C)c1nc2ccccc2[nH]1. The average molecular weight is 486 g/mol. The normalized spacial score (nSPS) is 12.0. The first kappa shape index (κ1) is 22.7. The van der Waals surface area contributed by atoms with Crippen molar-refractivity contribution >= 4 is 45.9 Å². The molecule has 0 aliphatic heterocycles. The highest BCUT2D eigenvalue weighted by Gasteiger charge is 2.23. The summed E-state index contributed by atoms with van der Waals surface area (Å²) in [5, 5.41) is 20.2. The Morgan fingerprint density at radius 2 is 1.94 bits per heavy atom. The number of ether oxygens (including phenoxy) is 2. The van der Waals surface area contributed by atoms with Crippen molar-refractivity contribution in [3.8, 4) is 5.75 Å². The number of aromatic amines is 1. The molecule has 0 atom stereocenters. The van der Waals surface area contributed by atoms with Crippen LogP contribution in [0.4, 0.5) is 0 Å². The number of aromatic nitrogens is 5. The van der Waals surface area contributed by atoms with E-state index in [1.807, 2.05) is 24.3 Å². The van der Waals surface area contributed by atoms with E-state index in [1.54, 1.807) is 35.9 Å². The van der Waals surface area contributed by atoms with Gasteiger partial charge in [0.2, 0.25) is 0 Å². The van der Waals surface area contributed by atoms with Crippen LogP contribution in [0, 0.1) is 0 Å². The summed E-state index contributed by atoms with van der Waals surface area (Å²) in [5.41, 5.74) is 1.38. The zero-order valence-corrected chi connectivity index (χ0v) is 19.4. The van der Waals surface area contributed by atoms with Crippen molar-refractivity contribution in [2.24, 2.45) is 7.05 Å². The van der Waals surface area contributed by atoms with Gasteiger partial charge >= 0.3 is 5.97 Å². The number of hydrogen-bond acceptors (Lipinski definition) is 8. The number of thioether (sulfide) groups is 1. The van der Waals surface area contributed by atoms with E-state index in [-0.39, 0.29) is 29.5 Å². The number of carbonyl (C=O) groups excluding carboxylic acids is 1. The minimum atomic E-state index is -0.692. The van der Waals surface area contributed by atoms with Crippen LogP contribution < -0.4 is 4.74 Å². The van der Waals surface area contributed by atoms with Crippen LogP contribution >= 0.6 is 23.4 Å². The molecule has 9 nitrogen and oxygen atoms in total. The van der Waals surface area contributed by atoms with Gasteiger partial charge in [0.25, 0.3) is 0 Å². The number of methoxy groups -OCH3 is 1. The van der Waals surface area contributed by atoms with Gasteiger partial charge in [0.1, 0.15) is 29.5 Å². The summed E-state index contributed by atoms with van der Waals surface area (Å²) >= 11 is 7.10. The number of nitrogens with one attached hydrogen (secondary N) is 1. The van der Waals surface area contributed by atoms with Crippen molar-refractivity contribution in [3.05, 3.63) is 71.0 Å². The molecular formula is C22H20ClN5O4S. The monoisotopic (exact) mass is 485 g/mol. The first-order valence-electron chi connectivity index (χ1n) is 9.81. The topological polar surface area (TPSA) is 115 Å². The fraction of sp³-hybridized carbons (Fsp3) is 0.182. The predicted molar refractivity (Wildman–Crippen MR) is 125 cm³/mol. The van der Waals surface area contributed by atoms with E-state index in [0.29, 0.717) is 27.3 Å². The van der Waals surface area contributed by atoms with Gasteiger partial charge in [0, 0.05) is 12.1 Å². The molecule has 0 aliphatic rings. The number of para-hydroxylation sites is 2. The van der Waals surface area contributed by atoms with Crippen LogP contribution in [0.25, 0.3) is 16.6 Å². The minimum Gasteiger partial charge on any atom is -0.510 e. The van der Waals surface area contributed by atoms with Crippen molar-refractivity contribution in [2.45, 2.75) is 11.8 Å². The summed E-state index contributed by atoms with van der Waals surface area (Å²) < 4.78 is 12.3. The number of fused-ring (bicyclic) bond motifs is 1. The molecule has 0 unspecified atom stereocenters. The molecule has 0 bridgehead atoms. The van der Waals surface area contributed by atoms with Gasteiger partial charge in [0.15, 0.2) is 11.0 Å². The molecule has 0 amide bonds. The van der Waals surface area contributed by atoms with Crippen LogP contribution in [-0.4, -0.2) is 48.7 Å². The van der Waals surface area contributed by atoms with Crippen molar-refractivity contribution in [1.82, 2.24) is 24.7 Å². The number of aliphatic hydroxyl groups is 1. The van der Waals surface area contributed by atoms with Crippen LogP contribution in [-0.2, 0) is 23.2 Å². The third-order valence-corrected chi connectivity index (χ3v) is 6.03.